The van der Waals surface area contributed by atoms with Gasteiger partial charge in [-0.25, -0.2) is 4.98 Å². The van der Waals surface area contributed by atoms with Gasteiger partial charge in [-0.2, -0.15) is 0 Å². The normalized spacial score (nSPS) is 12.9. The molecule has 0 N–H and O–H groups in total. The lowest BCUT2D eigenvalue weighted by Crippen LogP contribution is -2.31. The molecule has 0 fully saturated rings. The van der Waals surface area contributed by atoms with Crippen molar-refractivity contribution in [2.24, 2.45) is 5.92 Å². The lowest BCUT2D eigenvalue weighted by Gasteiger charge is -2.28. The summed E-state index contributed by atoms with van der Waals surface area (Å²) < 4.78 is 0. The number of hydrogen-bond acceptors (Lipinski definition) is 2. The number of pyridine rings is 1. The summed E-state index contributed by atoms with van der Waals surface area (Å²) in [6.45, 7) is 8.84. The number of nitrogens with zero attached hydrogens (tertiary/aromatic N) is 2. The molecule has 0 aliphatic carbocycles. The Morgan fingerprint density at radius 2 is 2.00 bits per heavy atom. The first-order valence-corrected chi connectivity index (χ1v) is 6.73. The van der Waals surface area contributed by atoms with E-state index in [1.54, 1.807) is 0 Å². The number of aryl methyl sites for hydroxylation is 1. The van der Waals surface area contributed by atoms with Gasteiger partial charge in [-0.1, -0.05) is 13.8 Å². The first kappa shape index (κ1) is 14.3. The third-order valence-electron chi connectivity index (χ3n) is 3.07. The summed E-state index contributed by atoms with van der Waals surface area (Å²) in [4.78, 5) is 6.78. The van der Waals surface area contributed by atoms with Crippen molar-refractivity contribution >= 4 is 17.4 Å². The second-order valence-electron chi connectivity index (χ2n) is 5.21. The maximum atomic E-state index is 5.81. The van der Waals surface area contributed by atoms with E-state index in [-0.39, 0.29) is 0 Å². The van der Waals surface area contributed by atoms with Crippen LogP contribution in [0.25, 0.3) is 0 Å². The SMILES string of the molecule is Cc1cc(CCl)cnc1N(C)C(C)CC(C)C. The Bertz CT molecular complexity index is 363. The summed E-state index contributed by atoms with van der Waals surface area (Å²) in [5.41, 5.74) is 2.28. The number of aromatic nitrogens is 1. The summed E-state index contributed by atoms with van der Waals surface area (Å²) in [6.07, 6.45) is 3.04. The highest BCUT2D eigenvalue weighted by Crippen LogP contribution is 2.21. The Kier molecular flexibility index (Phi) is 5.26. The van der Waals surface area contributed by atoms with Gasteiger partial charge in [0.05, 0.1) is 0 Å². The molecular weight excluding hydrogens is 232 g/mol. The van der Waals surface area contributed by atoms with Gasteiger partial charge >= 0.3 is 0 Å². The quantitative estimate of drug-likeness (QED) is 0.739. The summed E-state index contributed by atoms with van der Waals surface area (Å²) in [5, 5.41) is 0. The molecule has 0 saturated carbocycles. The first-order chi connectivity index (χ1) is 7.95. The molecule has 1 aromatic rings. The van der Waals surface area contributed by atoms with Crippen molar-refractivity contribution in [2.75, 3.05) is 11.9 Å². The molecule has 2 nitrogen and oxygen atoms in total. The van der Waals surface area contributed by atoms with Gasteiger partial charge in [-0.05, 0) is 43.4 Å². The highest BCUT2D eigenvalue weighted by molar-refractivity contribution is 6.17. The molecule has 1 heterocycles. The molecule has 0 aliphatic heterocycles. The van der Waals surface area contributed by atoms with Crippen LogP contribution in [0.4, 0.5) is 5.82 Å². The largest absolute Gasteiger partial charge is 0.357 e. The third kappa shape index (κ3) is 3.88. The maximum absolute atomic E-state index is 5.81. The molecule has 0 aromatic carbocycles. The summed E-state index contributed by atoms with van der Waals surface area (Å²) in [5.74, 6) is 2.29. The molecule has 0 spiro atoms. The molecule has 1 rings (SSSR count). The molecule has 1 atom stereocenters. The average molecular weight is 255 g/mol. The van der Waals surface area contributed by atoms with E-state index in [1.165, 1.54) is 12.0 Å². The van der Waals surface area contributed by atoms with Crippen LogP contribution in [0.5, 0.6) is 0 Å². The Hall–Kier alpha value is -0.760. The number of halogens is 1. The van der Waals surface area contributed by atoms with Crippen LogP contribution in [0.3, 0.4) is 0 Å². The Labute approximate surface area is 110 Å². The van der Waals surface area contributed by atoms with Crippen molar-refractivity contribution in [1.82, 2.24) is 4.98 Å². The minimum absolute atomic E-state index is 0.503. The number of anilines is 1. The van der Waals surface area contributed by atoms with E-state index in [4.69, 9.17) is 11.6 Å². The number of hydrogen-bond donors (Lipinski definition) is 0. The smallest absolute Gasteiger partial charge is 0.131 e. The predicted octanol–water partition coefficient (Wildman–Crippen LogP) is 4.00. The fourth-order valence-electron chi connectivity index (χ4n) is 2.12. The lowest BCUT2D eigenvalue weighted by molar-refractivity contribution is 0.501. The molecule has 0 aliphatic rings. The lowest BCUT2D eigenvalue weighted by atomic mass is 10.0. The molecule has 0 saturated heterocycles. The van der Waals surface area contributed by atoms with Crippen LogP contribution in [0, 0.1) is 12.8 Å². The Morgan fingerprint density at radius 3 is 2.47 bits per heavy atom. The second kappa shape index (κ2) is 6.25. The monoisotopic (exact) mass is 254 g/mol. The molecular formula is C14H23ClN2. The molecule has 1 unspecified atom stereocenters. The van der Waals surface area contributed by atoms with E-state index in [2.05, 4.69) is 50.7 Å². The fraction of sp³-hybridized carbons (Fsp3) is 0.643. The van der Waals surface area contributed by atoms with Crippen molar-refractivity contribution in [2.45, 2.75) is 46.0 Å². The minimum Gasteiger partial charge on any atom is -0.357 e. The molecule has 0 radical (unpaired) electrons. The standard InChI is InChI=1S/C14H23ClN2/c1-10(2)6-12(4)17(5)14-11(3)7-13(8-15)9-16-14/h7,9-10,12H,6,8H2,1-5H3. The van der Waals surface area contributed by atoms with Gasteiger partial charge in [0.1, 0.15) is 5.82 Å². The molecule has 0 amide bonds. The summed E-state index contributed by atoms with van der Waals surface area (Å²) in [6, 6.07) is 2.62. The van der Waals surface area contributed by atoms with Crippen molar-refractivity contribution in [3.05, 3.63) is 23.4 Å². The summed E-state index contributed by atoms with van der Waals surface area (Å²) in [7, 11) is 2.11. The van der Waals surface area contributed by atoms with Gasteiger partial charge in [0.15, 0.2) is 0 Å². The molecule has 1 aromatic heterocycles. The van der Waals surface area contributed by atoms with Gasteiger partial charge in [-0.15, -0.1) is 11.6 Å². The first-order valence-electron chi connectivity index (χ1n) is 6.20. The zero-order valence-corrected chi connectivity index (χ0v) is 12.3. The van der Waals surface area contributed by atoms with E-state index in [0.29, 0.717) is 17.8 Å². The zero-order valence-electron chi connectivity index (χ0n) is 11.5. The van der Waals surface area contributed by atoms with Crippen molar-refractivity contribution in [3.63, 3.8) is 0 Å². The molecule has 0 bridgehead atoms. The third-order valence-corrected chi connectivity index (χ3v) is 3.38. The van der Waals surface area contributed by atoms with Crippen LogP contribution in [-0.2, 0) is 5.88 Å². The van der Waals surface area contributed by atoms with Gasteiger partial charge in [0.25, 0.3) is 0 Å². The van der Waals surface area contributed by atoms with Crippen LogP contribution < -0.4 is 4.90 Å². The van der Waals surface area contributed by atoms with E-state index in [0.717, 1.165) is 11.4 Å². The van der Waals surface area contributed by atoms with Crippen molar-refractivity contribution in [3.8, 4) is 0 Å². The van der Waals surface area contributed by atoms with E-state index in [1.807, 2.05) is 6.20 Å². The number of alkyl halides is 1. The topological polar surface area (TPSA) is 16.1 Å². The molecule has 3 heteroatoms. The molecule has 17 heavy (non-hydrogen) atoms. The summed E-state index contributed by atoms with van der Waals surface area (Å²) >= 11 is 5.81. The Morgan fingerprint density at radius 1 is 1.35 bits per heavy atom. The van der Waals surface area contributed by atoms with E-state index >= 15 is 0 Å². The predicted molar refractivity (Wildman–Crippen MR) is 75.9 cm³/mol. The van der Waals surface area contributed by atoms with Crippen LogP contribution in [0.15, 0.2) is 12.3 Å². The van der Waals surface area contributed by atoms with Crippen molar-refractivity contribution in [1.29, 1.82) is 0 Å². The molecule has 96 valence electrons. The van der Waals surface area contributed by atoms with Crippen molar-refractivity contribution < 1.29 is 0 Å². The minimum atomic E-state index is 0.503. The van der Waals surface area contributed by atoms with Gasteiger partial charge in [0.2, 0.25) is 0 Å². The fourth-order valence-corrected chi connectivity index (χ4v) is 2.26. The zero-order chi connectivity index (χ0) is 13.0. The average Bonchev–Trinajstić information content (AvgIpc) is 2.27. The van der Waals surface area contributed by atoms with Crippen LogP contribution >= 0.6 is 11.6 Å². The second-order valence-corrected chi connectivity index (χ2v) is 5.47. The van der Waals surface area contributed by atoms with Gasteiger partial charge in [-0.3, -0.25) is 0 Å². The van der Waals surface area contributed by atoms with E-state index < -0.39 is 0 Å². The maximum Gasteiger partial charge on any atom is 0.131 e. The van der Waals surface area contributed by atoms with Gasteiger partial charge in [0, 0.05) is 25.2 Å². The highest BCUT2D eigenvalue weighted by Gasteiger charge is 2.14. The highest BCUT2D eigenvalue weighted by atomic mass is 35.5. The van der Waals surface area contributed by atoms with Crippen LogP contribution in [0.2, 0.25) is 0 Å². The van der Waals surface area contributed by atoms with Crippen LogP contribution in [-0.4, -0.2) is 18.1 Å². The van der Waals surface area contributed by atoms with E-state index in [9.17, 15) is 0 Å². The number of rotatable bonds is 5. The van der Waals surface area contributed by atoms with Gasteiger partial charge < -0.3 is 4.90 Å². The van der Waals surface area contributed by atoms with Crippen LogP contribution in [0.1, 0.15) is 38.3 Å². The Balaban J connectivity index is 2.84.